The van der Waals surface area contributed by atoms with E-state index in [4.69, 9.17) is 0 Å². The Kier molecular flexibility index (Phi) is 2.76. The normalized spacial score (nSPS) is 14.8. The maximum atomic E-state index is 12.3. The summed E-state index contributed by atoms with van der Waals surface area (Å²) in [6.45, 7) is 3.66. The summed E-state index contributed by atoms with van der Waals surface area (Å²) >= 11 is 3.39. The highest BCUT2D eigenvalue weighted by Crippen LogP contribution is 2.26. The van der Waals surface area contributed by atoms with E-state index in [1.807, 2.05) is 24.0 Å². The number of nitrogens with zero attached hydrogens (tertiary/aromatic N) is 1. The van der Waals surface area contributed by atoms with E-state index in [1.54, 1.807) is 22.7 Å². The summed E-state index contributed by atoms with van der Waals surface area (Å²) in [7, 11) is 0. The molecule has 0 fully saturated rings. The topological polar surface area (TPSA) is 20.3 Å². The van der Waals surface area contributed by atoms with Crippen LogP contribution in [0.2, 0.25) is 0 Å². The van der Waals surface area contributed by atoms with Gasteiger partial charge in [-0.05, 0) is 42.5 Å². The van der Waals surface area contributed by atoms with Gasteiger partial charge in [0.1, 0.15) is 0 Å². The molecule has 1 amide bonds. The molecule has 0 radical (unpaired) electrons. The molecule has 0 N–H and O–H groups in total. The van der Waals surface area contributed by atoms with Crippen molar-refractivity contribution < 1.29 is 4.79 Å². The Bertz CT molecular complexity index is 555. The van der Waals surface area contributed by atoms with Crippen LogP contribution >= 0.6 is 22.7 Å². The Morgan fingerprint density at radius 1 is 1.35 bits per heavy atom. The summed E-state index contributed by atoms with van der Waals surface area (Å²) in [5.74, 6) is 0.181. The number of carbonyl (C=O) groups is 1. The van der Waals surface area contributed by atoms with Crippen LogP contribution in [-0.4, -0.2) is 17.4 Å². The average molecular weight is 263 g/mol. The molecule has 17 heavy (non-hydrogen) atoms. The highest BCUT2D eigenvalue weighted by molar-refractivity contribution is 7.14. The molecule has 1 aliphatic rings. The maximum absolute atomic E-state index is 12.3. The SMILES string of the molecule is Cc1ccc(C(=O)N2CCc3sccc3C2)s1. The van der Waals surface area contributed by atoms with Crippen molar-refractivity contribution in [3.63, 3.8) is 0 Å². The molecule has 4 heteroatoms. The number of thiophene rings is 2. The lowest BCUT2D eigenvalue weighted by molar-refractivity contribution is 0.0741. The fourth-order valence-electron chi connectivity index (χ4n) is 2.13. The quantitative estimate of drug-likeness (QED) is 0.773. The van der Waals surface area contributed by atoms with Crippen molar-refractivity contribution in [2.45, 2.75) is 19.9 Å². The Labute approximate surface area is 109 Å². The number of rotatable bonds is 1. The van der Waals surface area contributed by atoms with Crippen LogP contribution in [0.3, 0.4) is 0 Å². The molecule has 2 aromatic heterocycles. The lowest BCUT2D eigenvalue weighted by Gasteiger charge is -2.26. The molecule has 1 aliphatic heterocycles. The third-order valence-corrected chi connectivity index (χ3v) is 5.06. The molecule has 2 aromatic rings. The van der Waals surface area contributed by atoms with E-state index >= 15 is 0 Å². The zero-order valence-electron chi connectivity index (χ0n) is 9.60. The van der Waals surface area contributed by atoms with Crippen LogP contribution in [0.5, 0.6) is 0 Å². The van der Waals surface area contributed by atoms with Gasteiger partial charge in [-0.3, -0.25) is 4.79 Å². The van der Waals surface area contributed by atoms with Gasteiger partial charge in [-0.1, -0.05) is 0 Å². The van der Waals surface area contributed by atoms with Crippen LogP contribution in [0.1, 0.15) is 25.0 Å². The zero-order chi connectivity index (χ0) is 11.8. The van der Waals surface area contributed by atoms with E-state index in [0.717, 1.165) is 24.4 Å². The first kappa shape index (κ1) is 11.0. The molecular weight excluding hydrogens is 250 g/mol. The molecule has 3 heterocycles. The second kappa shape index (κ2) is 4.27. The van der Waals surface area contributed by atoms with Crippen molar-refractivity contribution >= 4 is 28.6 Å². The number of carbonyl (C=O) groups excluding carboxylic acids is 1. The second-order valence-electron chi connectivity index (χ2n) is 4.26. The van der Waals surface area contributed by atoms with Crippen molar-refractivity contribution in [3.05, 3.63) is 43.8 Å². The van der Waals surface area contributed by atoms with Crippen LogP contribution in [0, 0.1) is 6.92 Å². The number of hydrogen-bond acceptors (Lipinski definition) is 3. The Morgan fingerprint density at radius 3 is 3.00 bits per heavy atom. The van der Waals surface area contributed by atoms with Crippen molar-refractivity contribution in [1.29, 1.82) is 0 Å². The van der Waals surface area contributed by atoms with Gasteiger partial charge in [0.2, 0.25) is 0 Å². The minimum absolute atomic E-state index is 0.181. The van der Waals surface area contributed by atoms with E-state index in [2.05, 4.69) is 11.4 Å². The zero-order valence-corrected chi connectivity index (χ0v) is 11.2. The highest BCUT2D eigenvalue weighted by atomic mass is 32.1. The van der Waals surface area contributed by atoms with Gasteiger partial charge in [0, 0.05) is 22.8 Å². The van der Waals surface area contributed by atoms with Gasteiger partial charge in [-0.2, -0.15) is 0 Å². The standard InChI is InChI=1S/C13H13NOS2/c1-9-2-3-12(17-9)13(15)14-6-4-11-10(8-14)5-7-16-11/h2-3,5,7H,4,6,8H2,1H3. The molecule has 2 nitrogen and oxygen atoms in total. The molecule has 0 spiro atoms. The molecular formula is C13H13NOS2. The number of aryl methyl sites for hydroxylation is 1. The summed E-state index contributed by atoms with van der Waals surface area (Å²) in [6, 6.07) is 6.09. The molecule has 0 aromatic carbocycles. The molecule has 0 atom stereocenters. The lowest BCUT2D eigenvalue weighted by atomic mass is 10.1. The summed E-state index contributed by atoms with van der Waals surface area (Å²) in [5, 5.41) is 2.12. The van der Waals surface area contributed by atoms with Crippen molar-refractivity contribution in [1.82, 2.24) is 4.90 Å². The third kappa shape index (κ3) is 2.03. The monoisotopic (exact) mass is 263 g/mol. The summed E-state index contributed by atoms with van der Waals surface area (Å²) in [4.78, 5) is 17.7. The molecule has 3 rings (SSSR count). The molecule has 0 unspecified atom stereocenters. The first-order chi connectivity index (χ1) is 8.24. The van der Waals surface area contributed by atoms with E-state index in [9.17, 15) is 4.79 Å². The first-order valence-electron chi connectivity index (χ1n) is 5.65. The lowest BCUT2D eigenvalue weighted by Crippen LogP contribution is -2.34. The van der Waals surface area contributed by atoms with Gasteiger partial charge in [0.25, 0.3) is 5.91 Å². The van der Waals surface area contributed by atoms with Gasteiger partial charge < -0.3 is 4.90 Å². The largest absolute Gasteiger partial charge is 0.333 e. The minimum Gasteiger partial charge on any atom is -0.333 e. The Balaban J connectivity index is 1.81. The smallest absolute Gasteiger partial charge is 0.264 e. The van der Waals surface area contributed by atoms with Gasteiger partial charge in [0.05, 0.1) is 4.88 Å². The fourth-order valence-corrected chi connectivity index (χ4v) is 3.85. The van der Waals surface area contributed by atoms with Crippen LogP contribution in [0.15, 0.2) is 23.6 Å². The number of amides is 1. The molecule has 0 aliphatic carbocycles. The van der Waals surface area contributed by atoms with E-state index in [0.29, 0.717) is 0 Å². The van der Waals surface area contributed by atoms with Crippen LogP contribution < -0.4 is 0 Å². The second-order valence-corrected chi connectivity index (χ2v) is 6.54. The van der Waals surface area contributed by atoms with Gasteiger partial charge >= 0.3 is 0 Å². The third-order valence-electron chi connectivity index (χ3n) is 3.05. The summed E-state index contributed by atoms with van der Waals surface area (Å²) in [6.07, 6.45) is 1.00. The average Bonchev–Trinajstić information content (AvgIpc) is 2.95. The molecule has 0 saturated heterocycles. The minimum atomic E-state index is 0.181. The van der Waals surface area contributed by atoms with Crippen molar-refractivity contribution in [2.24, 2.45) is 0 Å². The number of hydrogen-bond donors (Lipinski definition) is 0. The molecule has 88 valence electrons. The van der Waals surface area contributed by atoms with Gasteiger partial charge in [-0.15, -0.1) is 22.7 Å². The van der Waals surface area contributed by atoms with Gasteiger partial charge in [-0.25, -0.2) is 0 Å². The van der Waals surface area contributed by atoms with Crippen LogP contribution in [0.4, 0.5) is 0 Å². The van der Waals surface area contributed by atoms with E-state index in [1.165, 1.54) is 15.3 Å². The number of fused-ring (bicyclic) bond motifs is 1. The van der Waals surface area contributed by atoms with Crippen LogP contribution in [0.25, 0.3) is 0 Å². The van der Waals surface area contributed by atoms with Crippen LogP contribution in [-0.2, 0) is 13.0 Å². The summed E-state index contributed by atoms with van der Waals surface area (Å²) in [5.41, 5.74) is 1.32. The maximum Gasteiger partial charge on any atom is 0.264 e. The molecule has 0 bridgehead atoms. The predicted molar refractivity (Wildman–Crippen MR) is 71.8 cm³/mol. The molecule has 0 saturated carbocycles. The van der Waals surface area contributed by atoms with Crippen molar-refractivity contribution in [3.8, 4) is 0 Å². The van der Waals surface area contributed by atoms with Crippen molar-refractivity contribution in [2.75, 3.05) is 6.54 Å². The van der Waals surface area contributed by atoms with E-state index < -0.39 is 0 Å². The highest BCUT2D eigenvalue weighted by Gasteiger charge is 2.23. The Hall–Kier alpha value is -1.13. The first-order valence-corrected chi connectivity index (χ1v) is 7.34. The summed E-state index contributed by atoms with van der Waals surface area (Å²) < 4.78 is 0. The predicted octanol–water partition coefficient (Wildman–Crippen LogP) is 3.32. The fraction of sp³-hybridized carbons (Fsp3) is 0.308. The Morgan fingerprint density at radius 2 is 2.24 bits per heavy atom. The van der Waals surface area contributed by atoms with Gasteiger partial charge in [0.15, 0.2) is 0 Å². The van der Waals surface area contributed by atoms with E-state index in [-0.39, 0.29) is 5.91 Å².